The van der Waals surface area contributed by atoms with Gasteiger partial charge in [0.15, 0.2) is 0 Å². The molecule has 0 amide bonds. The molecule has 0 aliphatic heterocycles. The van der Waals surface area contributed by atoms with Gasteiger partial charge in [0.25, 0.3) is 0 Å². The third-order valence-corrected chi connectivity index (χ3v) is 3.52. The first-order chi connectivity index (χ1) is 9.00. The van der Waals surface area contributed by atoms with E-state index in [2.05, 4.69) is 0 Å². The van der Waals surface area contributed by atoms with Crippen molar-refractivity contribution >= 4 is 11.7 Å². The van der Waals surface area contributed by atoms with Crippen molar-refractivity contribution in [2.45, 2.75) is 38.7 Å². The Morgan fingerprint density at radius 1 is 1.21 bits per heavy atom. The van der Waals surface area contributed by atoms with Crippen molar-refractivity contribution in [1.29, 1.82) is 0 Å². The summed E-state index contributed by atoms with van der Waals surface area (Å²) in [5.74, 6) is -0.822. The summed E-state index contributed by atoms with van der Waals surface area (Å²) in [6.45, 7) is 4.76. The van der Waals surface area contributed by atoms with Gasteiger partial charge in [-0.1, -0.05) is 32.0 Å². The van der Waals surface area contributed by atoms with E-state index in [9.17, 15) is 9.90 Å². The van der Waals surface area contributed by atoms with E-state index >= 15 is 0 Å². The molecule has 1 aromatic carbocycles. The molecule has 0 saturated heterocycles. The lowest BCUT2D eigenvalue weighted by atomic mass is 9.96. The van der Waals surface area contributed by atoms with E-state index < -0.39 is 11.6 Å². The molecular weight excluding hydrogens is 242 g/mol. The Hall–Kier alpha value is -1.55. The first-order valence-corrected chi connectivity index (χ1v) is 6.75. The van der Waals surface area contributed by atoms with Gasteiger partial charge in [-0.2, -0.15) is 0 Å². The minimum atomic E-state index is -0.822. The second-order valence-electron chi connectivity index (χ2n) is 4.83. The van der Waals surface area contributed by atoms with Crippen molar-refractivity contribution in [2.24, 2.45) is 0 Å². The number of hydrogen-bond donors (Lipinski definition) is 2. The molecule has 0 aliphatic carbocycles. The summed E-state index contributed by atoms with van der Waals surface area (Å²) in [4.78, 5) is 12.7. The van der Waals surface area contributed by atoms with Crippen molar-refractivity contribution in [3.05, 3.63) is 30.3 Å². The number of benzene rings is 1. The fraction of sp³-hybridized carbons (Fsp3) is 0.533. The van der Waals surface area contributed by atoms with E-state index in [4.69, 9.17) is 5.11 Å². The van der Waals surface area contributed by atoms with E-state index in [-0.39, 0.29) is 6.42 Å². The fourth-order valence-electron chi connectivity index (χ4n) is 2.00. The molecule has 4 heteroatoms. The Labute approximate surface area is 114 Å². The molecule has 0 aliphatic rings. The molecular formula is C15H23NO3. The molecule has 19 heavy (non-hydrogen) atoms. The number of para-hydroxylation sites is 1. The van der Waals surface area contributed by atoms with Crippen LogP contribution in [-0.2, 0) is 4.79 Å². The van der Waals surface area contributed by atoms with Crippen LogP contribution < -0.4 is 4.90 Å². The topological polar surface area (TPSA) is 60.8 Å². The first-order valence-electron chi connectivity index (χ1n) is 6.75. The predicted octanol–water partition coefficient (Wildman–Crippen LogP) is 2.52. The highest BCUT2D eigenvalue weighted by atomic mass is 16.4. The standard InChI is InChI=1S/C15H23NO3/c1-3-15(19,4-2)12-16(11-10-14(17)18)13-8-6-5-7-9-13/h5-9,19H,3-4,10-12H2,1-2H3,(H,17,18). The molecule has 0 unspecified atom stereocenters. The molecule has 0 spiro atoms. The van der Waals surface area contributed by atoms with Crippen LogP contribution in [0.3, 0.4) is 0 Å². The molecule has 106 valence electrons. The number of rotatable bonds is 8. The second-order valence-corrected chi connectivity index (χ2v) is 4.83. The zero-order chi connectivity index (χ0) is 14.3. The van der Waals surface area contributed by atoms with Crippen LogP contribution in [-0.4, -0.2) is 34.9 Å². The highest BCUT2D eigenvalue weighted by molar-refractivity contribution is 5.67. The number of nitrogens with zero attached hydrogens (tertiary/aromatic N) is 1. The van der Waals surface area contributed by atoms with Crippen LogP contribution in [0.15, 0.2) is 30.3 Å². The molecule has 0 heterocycles. The highest BCUT2D eigenvalue weighted by Crippen LogP contribution is 2.21. The fourth-order valence-corrected chi connectivity index (χ4v) is 2.00. The smallest absolute Gasteiger partial charge is 0.305 e. The molecule has 1 aromatic rings. The van der Waals surface area contributed by atoms with Crippen LogP contribution in [0.5, 0.6) is 0 Å². The average molecular weight is 265 g/mol. The zero-order valence-electron chi connectivity index (χ0n) is 11.7. The lowest BCUT2D eigenvalue weighted by Crippen LogP contribution is -2.43. The number of hydrogen-bond acceptors (Lipinski definition) is 3. The predicted molar refractivity (Wildman–Crippen MR) is 76.4 cm³/mol. The lowest BCUT2D eigenvalue weighted by Gasteiger charge is -2.34. The molecule has 4 nitrogen and oxygen atoms in total. The van der Waals surface area contributed by atoms with Crippen LogP contribution in [0.2, 0.25) is 0 Å². The third kappa shape index (κ3) is 4.91. The largest absolute Gasteiger partial charge is 0.481 e. The number of carboxylic acid groups (broad SMARTS) is 1. The van der Waals surface area contributed by atoms with Gasteiger partial charge < -0.3 is 15.1 Å². The molecule has 0 radical (unpaired) electrons. The van der Waals surface area contributed by atoms with Gasteiger partial charge >= 0.3 is 5.97 Å². The highest BCUT2D eigenvalue weighted by Gasteiger charge is 2.26. The average Bonchev–Trinajstić information content (AvgIpc) is 2.44. The lowest BCUT2D eigenvalue weighted by molar-refractivity contribution is -0.136. The number of anilines is 1. The molecule has 0 aromatic heterocycles. The molecule has 1 rings (SSSR count). The van der Waals surface area contributed by atoms with Crippen LogP contribution >= 0.6 is 0 Å². The van der Waals surface area contributed by atoms with Gasteiger partial charge in [-0.15, -0.1) is 0 Å². The summed E-state index contributed by atoms with van der Waals surface area (Å²) in [6, 6.07) is 9.63. The molecule has 2 N–H and O–H groups in total. The van der Waals surface area contributed by atoms with Gasteiger partial charge in [0.05, 0.1) is 12.0 Å². The summed E-state index contributed by atoms with van der Waals surface area (Å²) < 4.78 is 0. The van der Waals surface area contributed by atoms with Crippen LogP contribution in [0.4, 0.5) is 5.69 Å². The van der Waals surface area contributed by atoms with Crippen molar-refractivity contribution in [3.63, 3.8) is 0 Å². The monoisotopic (exact) mass is 265 g/mol. The maximum Gasteiger partial charge on any atom is 0.305 e. The van der Waals surface area contributed by atoms with Gasteiger partial charge in [-0.25, -0.2) is 0 Å². The second kappa shape index (κ2) is 7.14. The normalized spacial score (nSPS) is 11.3. The van der Waals surface area contributed by atoms with Crippen LogP contribution in [0, 0.1) is 0 Å². The van der Waals surface area contributed by atoms with Gasteiger partial charge in [0.2, 0.25) is 0 Å². The summed E-state index contributed by atoms with van der Waals surface area (Å²) >= 11 is 0. The Bertz CT molecular complexity index is 388. The number of carboxylic acids is 1. The van der Waals surface area contributed by atoms with Gasteiger partial charge in [0, 0.05) is 18.8 Å². The van der Waals surface area contributed by atoms with Crippen molar-refractivity contribution in [1.82, 2.24) is 0 Å². The quantitative estimate of drug-likeness (QED) is 0.758. The third-order valence-electron chi connectivity index (χ3n) is 3.52. The van der Waals surface area contributed by atoms with E-state index in [1.165, 1.54) is 0 Å². The van der Waals surface area contributed by atoms with E-state index in [1.807, 2.05) is 49.1 Å². The Kier molecular flexibility index (Phi) is 5.83. The maximum absolute atomic E-state index is 10.8. The van der Waals surface area contributed by atoms with Crippen molar-refractivity contribution < 1.29 is 15.0 Å². The summed E-state index contributed by atoms with van der Waals surface area (Å²) in [6.07, 6.45) is 1.37. The van der Waals surface area contributed by atoms with Crippen LogP contribution in [0.1, 0.15) is 33.1 Å². The van der Waals surface area contributed by atoms with Gasteiger partial charge in [-0.05, 0) is 25.0 Å². The van der Waals surface area contributed by atoms with Crippen molar-refractivity contribution in [2.75, 3.05) is 18.0 Å². The number of aliphatic hydroxyl groups is 1. The SMILES string of the molecule is CCC(O)(CC)CN(CCC(=O)O)c1ccccc1. The molecule has 0 saturated carbocycles. The minimum absolute atomic E-state index is 0.0679. The Morgan fingerprint density at radius 3 is 2.26 bits per heavy atom. The molecule has 0 bridgehead atoms. The van der Waals surface area contributed by atoms with E-state index in [0.29, 0.717) is 25.9 Å². The first kappa shape index (κ1) is 15.5. The van der Waals surface area contributed by atoms with Crippen LogP contribution in [0.25, 0.3) is 0 Å². The van der Waals surface area contributed by atoms with E-state index in [0.717, 1.165) is 5.69 Å². The minimum Gasteiger partial charge on any atom is -0.481 e. The van der Waals surface area contributed by atoms with Crippen molar-refractivity contribution in [3.8, 4) is 0 Å². The molecule has 0 atom stereocenters. The van der Waals surface area contributed by atoms with Gasteiger partial charge in [0.1, 0.15) is 0 Å². The molecule has 0 fully saturated rings. The zero-order valence-corrected chi connectivity index (χ0v) is 11.7. The summed E-state index contributed by atoms with van der Waals surface area (Å²) in [7, 11) is 0. The Morgan fingerprint density at radius 2 is 1.79 bits per heavy atom. The Balaban J connectivity index is 2.83. The maximum atomic E-state index is 10.8. The van der Waals surface area contributed by atoms with Gasteiger partial charge in [-0.3, -0.25) is 4.79 Å². The number of aliphatic carboxylic acids is 1. The summed E-state index contributed by atoms with van der Waals surface area (Å²) in [5.41, 5.74) is 0.179. The van der Waals surface area contributed by atoms with E-state index in [1.54, 1.807) is 0 Å². The summed E-state index contributed by atoms with van der Waals surface area (Å²) in [5, 5.41) is 19.3. The number of carbonyl (C=O) groups is 1.